The monoisotopic (exact) mass is 675 g/mol. The maximum Gasteiger partial charge on any atom is 0.490 e. The summed E-state index contributed by atoms with van der Waals surface area (Å²) in [6.07, 6.45) is 3.58. The minimum absolute atomic E-state index is 0.0380. The summed E-state index contributed by atoms with van der Waals surface area (Å²) in [4.78, 5) is 21.9. The highest BCUT2D eigenvalue weighted by molar-refractivity contribution is 7.89. The summed E-state index contributed by atoms with van der Waals surface area (Å²) in [6.45, 7) is 0.762. The summed E-state index contributed by atoms with van der Waals surface area (Å²) in [7, 11) is -1.97. The number of rotatable bonds is 10. The second-order valence-corrected chi connectivity index (χ2v) is 12.6. The molecule has 0 spiro atoms. The number of carbonyl (C=O) groups is 1. The predicted molar refractivity (Wildman–Crippen MR) is 167 cm³/mol. The van der Waals surface area contributed by atoms with Gasteiger partial charge in [-0.05, 0) is 91.9 Å². The van der Waals surface area contributed by atoms with Gasteiger partial charge in [0.2, 0.25) is 16.0 Å². The molecule has 1 aliphatic rings. The fourth-order valence-corrected chi connectivity index (χ4v) is 6.20. The number of sulfonamides is 1. The maximum absolute atomic E-state index is 13.4. The first-order valence-electron chi connectivity index (χ1n) is 14.4. The Hall–Kier alpha value is -4.67. The van der Waals surface area contributed by atoms with E-state index in [1.54, 1.807) is 61.9 Å². The number of pyridine rings is 1. The molecule has 47 heavy (non-hydrogen) atoms. The molecule has 0 radical (unpaired) electrons. The number of hydrogen-bond donors (Lipinski definition) is 4. The van der Waals surface area contributed by atoms with Crippen molar-refractivity contribution in [2.75, 3.05) is 17.7 Å². The molecule has 0 aliphatic heterocycles. The van der Waals surface area contributed by atoms with Gasteiger partial charge in [-0.25, -0.2) is 22.6 Å². The number of hydrogen-bond acceptors (Lipinski definition) is 9. The van der Waals surface area contributed by atoms with Gasteiger partial charge in [-0.1, -0.05) is 6.07 Å². The summed E-state index contributed by atoms with van der Waals surface area (Å²) < 4.78 is 73.1. The SMILES string of the molecule is CN(C1CCC(NCc2cccnc2)CC1)S(=O)(=O)c1ccc(Nc2nccc(Nc3ccc(F)cc3)n2)cc1.O=C(O)C(F)(F)F. The number of halogens is 4. The topological polar surface area (TPSA) is 149 Å². The van der Waals surface area contributed by atoms with Gasteiger partial charge >= 0.3 is 12.1 Å². The molecule has 0 unspecified atom stereocenters. The van der Waals surface area contributed by atoms with Crippen molar-refractivity contribution in [3.63, 3.8) is 0 Å². The number of aliphatic carboxylic acids is 1. The van der Waals surface area contributed by atoms with Crippen molar-refractivity contribution < 1.29 is 35.9 Å². The maximum atomic E-state index is 13.4. The van der Waals surface area contributed by atoms with E-state index in [1.807, 2.05) is 18.3 Å². The lowest BCUT2D eigenvalue weighted by Crippen LogP contribution is -2.43. The van der Waals surface area contributed by atoms with Crippen LogP contribution in [0.1, 0.15) is 31.2 Å². The van der Waals surface area contributed by atoms with E-state index >= 15 is 0 Å². The Morgan fingerprint density at radius 3 is 2.15 bits per heavy atom. The van der Waals surface area contributed by atoms with Gasteiger partial charge in [0.1, 0.15) is 11.6 Å². The molecule has 1 fully saturated rings. The zero-order valence-corrected chi connectivity index (χ0v) is 26.0. The molecular formula is C31H33F4N7O4S. The summed E-state index contributed by atoms with van der Waals surface area (Å²) >= 11 is 0. The Kier molecular flexibility index (Phi) is 11.8. The average Bonchev–Trinajstić information content (AvgIpc) is 3.05. The van der Waals surface area contributed by atoms with E-state index < -0.39 is 22.2 Å². The fourth-order valence-electron chi connectivity index (χ4n) is 4.78. The highest BCUT2D eigenvalue weighted by atomic mass is 32.2. The summed E-state index contributed by atoms with van der Waals surface area (Å²) in [5, 5.41) is 16.9. The molecule has 0 amide bonds. The number of benzene rings is 2. The van der Waals surface area contributed by atoms with Gasteiger partial charge in [-0.3, -0.25) is 4.98 Å². The predicted octanol–water partition coefficient (Wildman–Crippen LogP) is 5.85. The minimum Gasteiger partial charge on any atom is -0.475 e. The highest BCUT2D eigenvalue weighted by Gasteiger charge is 2.38. The number of nitrogens with one attached hydrogen (secondary N) is 3. The van der Waals surface area contributed by atoms with E-state index in [4.69, 9.17) is 9.90 Å². The van der Waals surface area contributed by atoms with Crippen molar-refractivity contribution in [3.05, 3.63) is 96.7 Å². The zero-order valence-electron chi connectivity index (χ0n) is 25.2. The van der Waals surface area contributed by atoms with Crippen LogP contribution >= 0.6 is 0 Å². The summed E-state index contributed by atoms with van der Waals surface area (Å²) in [5.41, 5.74) is 2.49. The summed E-state index contributed by atoms with van der Waals surface area (Å²) in [6, 6.07) is 18.5. The third-order valence-corrected chi connectivity index (χ3v) is 9.26. The van der Waals surface area contributed by atoms with Crippen molar-refractivity contribution in [2.24, 2.45) is 0 Å². The van der Waals surface area contributed by atoms with Crippen molar-refractivity contribution in [2.45, 2.75) is 55.4 Å². The van der Waals surface area contributed by atoms with Crippen LogP contribution in [-0.2, 0) is 21.4 Å². The van der Waals surface area contributed by atoms with Crippen molar-refractivity contribution in [1.82, 2.24) is 24.6 Å². The highest BCUT2D eigenvalue weighted by Crippen LogP contribution is 2.28. The molecule has 5 rings (SSSR count). The van der Waals surface area contributed by atoms with Crippen LogP contribution in [0.15, 0.2) is 90.2 Å². The van der Waals surface area contributed by atoms with Gasteiger partial charge in [-0.2, -0.15) is 22.5 Å². The smallest absolute Gasteiger partial charge is 0.475 e. The van der Waals surface area contributed by atoms with Crippen molar-refractivity contribution >= 4 is 39.1 Å². The Morgan fingerprint density at radius 2 is 1.55 bits per heavy atom. The molecule has 0 bridgehead atoms. The lowest BCUT2D eigenvalue weighted by molar-refractivity contribution is -0.192. The third kappa shape index (κ3) is 10.4. The van der Waals surface area contributed by atoms with Crippen LogP contribution in [0.5, 0.6) is 0 Å². The van der Waals surface area contributed by atoms with Crippen molar-refractivity contribution in [3.8, 4) is 0 Å². The third-order valence-electron chi connectivity index (χ3n) is 7.33. The van der Waals surface area contributed by atoms with E-state index in [1.165, 1.54) is 16.4 Å². The zero-order chi connectivity index (χ0) is 34.0. The van der Waals surface area contributed by atoms with Crippen molar-refractivity contribution in [1.29, 1.82) is 0 Å². The number of aromatic nitrogens is 3. The Labute approximate surface area is 269 Å². The Bertz CT molecular complexity index is 1700. The lowest BCUT2D eigenvalue weighted by atomic mass is 9.91. The van der Waals surface area contributed by atoms with Gasteiger partial charge in [0, 0.05) is 55.6 Å². The molecule has 1 aliphatic carbocycles. The van der Waals surface area contributed by atoms with Crippen LogP contribution in [0.25, 0.3) is 0 Å². The molecule has 0 atom stereocenters. The lowest BCUT2D eigenvalue weighted by Gasteiger charge is -2.34. The molecule has 16 heteroatoms. The molecule has 0 saturated heterocycles. The first kappa shape index (κ1) is 35.2. The van der Waals surface area contributed by atoms with Crippen LogP contribution in [0, 0.1) is 5.82 Å². The molecule has 4 aromatic rings. The van der Waals surface area contributed by atoms with Gasteiger partial charge in [0.25, 0.3) is 0 Å². The molecular weight excluding hydrogens is 642 g/mol. The largest absolute Gasteiger partial charge is 0.490 e. The summed E-state index contributed by atoms with van der Waals surface area (Å²) in [5.74, 6) is -2.20. The van der Waals surface area contributed by atoms with E-state index in [0.717, 1.165) is 37.8 Å². The first-order chi connectivity index (χ1) is 22.3. The molecule has 4 N–H and O–H groups in total. The quantitative estimate of drug-likeness (QED) is 0.151. The van der Waals surface area contributed by atoms with Crippen LogP contribution < -0.4 is 16.0 Å². The number of nitrogens with zero attached hydrogens (tertiary/aromatic N) is 4. The molecule has 2 aromatic heterocycles. The average molecular weight is 676 g/mol. The van der Waals surface area contributed by atoms with E-state index in [-0.39, 0.29) is 16.8 Å². The van der Waals surface area contributed by atoms with Crippen LogP contribution in [-0.4, -0.2) is 64.1 Å². The number of carboxylic acids is 1. The number of alkyl halides is 3. The molecule has 2 aromatic carbocycles. The second-order valence-electron chi connectivity index (χ2n) is 10.6. The molecule has 2 heterocycles. The normalized spacial score (nSPS) is 16.6. The first-order valence-corrected chi connectivity index (χ1v) is 15.9. The number of carboxylic acid groups (broad SMARTS) is 1. The van der Waals surface area contributed by atoms with E-state index in [9.17, 15) is 26.0 Å². The minimum atomic E-state index is -5.08. The molecule has 1 saturated carbocycles. The van der Waals surface area contributed by atoms with Gasteiger partial charge in [0.15, 0.2) is 0 Å². The van der Waals surface area contributed by atoms with Crippen LogP contribution in [0.2, 0.25) is 0 Å². The fraction of sp³-hybridized carbons (Fsp3) is 0.290. The van der Waals surface area contributed by atoms with Gasteiger partial charge in [0.05, 0.1) is 4.90 Å². The van der Waals surface area contributed by atoms with Crippen LogP contribution in [0.3, 0.4) is 0 Å². The van der Waals surface area contributed by atoms with E-state index in [2.05, 4.69) is 30.9 Å². The van der Waals surface area contributed by atoms with Gasteiger partial charge in [-0.15, -0.1) is 0 Å². The Morgan fingerprint density at radius 1 is 0.936 bits per heavy atom. The van der Waals surface area contributed by atoms with E-state index in [0.29, 0.717) is 29.2 Å². The Balaban J connectivity index is 0.000000644. The van der Waals surface area contributed by atoms with Gasteiger partial charge < -0.3 is 21.1 Å². The number of anilines is 4. The van der Waals surface area contributed by atoms with Crippen LogP contribution in [0.4, 0.5) is 40.7 Å². The molecule has 11 nitrogen and oxygen atoms in total. The standard InChI is InChI=1S/C29H32FN7O2S.C2HF3O2/c1-37(26-12-8-23(9-13-26)33-20-21-3-2-17-31-19-21)40(38,39)27-14-10-25(11-15-27)35-29-32-18-16-28(36-29)34-24-6-4-22(30)5-7-24;3-2(4,5)1(6)7/h2-7,10-11,14-19,23,26,33H,8-9,12-13,20H2,1H3,(H2,32,34,35,36);(H,6,7). The second kappa shape index (κ2) is 15.8. The molecule has 250 valence electrons.